The smallest absolute Gasteiger partial charge is 0.242 e. The zero-order valence-corrected chi connectivity index (χ0v) is 14.9. The molecule has 0 bridgehead atoms. The molecule has 0 aliphatic carbocycles. The summed E-state index contributed by atoms with van der Waals surface area (Å²) in [6, 6.07) is 11.5. The third kappa shape index (κ3) is 4.22. The van der Waals surface area contributed by atoms with Gasteiger partial charge in [-0.3, -0.25) is 9.78 Å². The Bertz CT molecular complexity index is 857. The van der Waals surface area contributed by atoms with E-state index in [2.05, 4.69) is 25.4 Å². The van der Waals surface area contributed by atoms with Gasteiger partial charge in [0.05, 0.1) is 11.9 Å². The van der Waals surface area contributed by atoms with Crippen molar-refractivity contribution in [3.8, 4) is 0 Å². The zero-order chi connectivity index (χ0) is 18.5. The van der Waals surface area contributed by atoms with Gasteiger partial charge in [0.1, 0.15) is 6.54 Å². The summed E-state index contributed by atoms with van der Waals surface area (Å²) in [6.45, 7) is 3.28. The van der Waals surface area contributed by atoms with Gasteiger partial charge in [0.25, 0.3) is 0 Å². The number of pyridine rings is 1. The molecule has 1 amide bonds. The fourth-order valence-corrected chi connectivity index (χ4v) is 3.06. The second-order valence-electron chi connectivity index (χ2n) is 6.37. The Hall–Kier alpha value is -3.42. The molecule has 8 heteroatoms. The third-order valence-corrected chi connectivity index (χ3v) is 4.52. The summed E-state index contributed by atoms with van der Waals surface area (Å²) in [4.78, 5) is 20.5. The second-order valence-corrected chi connectivity index (χ2v) is 6.37. The molecular formula is C19H21N7O. The van der Waals surface area contributed by atoms with Gasteiger partial charge in [-0.2, -0.15) is 0 Å². The first kappa shape index (κ1) is 17.0. The minimum atomic E-state index is 0.146. The van der Waals surface area contributed by atoms with E-state index < -0.39 is 0 Å². The van der Waals surface area contributed by atoms with Gasteiger partial charge in [-0.1, -0.05) is 0 Å². The second kappa shape index (κ2) is 7.86. The number of carbonyl (C=O) groups excluding carboxylic acids is 1. The molecule has 3 aromatic rings. The Morgan fingerprint density at radius 3 is 2.48 bits per heavy atom. The normalized spacial score (nSPS) is 14.2. The first-order valence-electron chi connectivity index (χ1n) is 8.92. The third-order valence-electron chi connectivity index (χ3n) is 4.52. The lowest BCUT2D eigenvalue weighted by molar-refractivity contribution is -0.132. The molecular weight excluding hydrogens is 342 g/mol. The first-order chi connectivity index (χ1) is 13.3. The van der Waals surface area contributed by atoms with Crippen molar-refractivity contribution in [3.05, 3.63) is 61.2 Å². The van der Waals surface area contributed by atoms with Crippen molar-refractivity contribution < 1.29 is 4.79 Å². The predicted octanol–water partition coefficient (Wildman–Crippen LogP) is 1.77. The monoisotopic (exact) mass is 363 g/mol. The molecule has 138 valence electrons. The molecule has 0 aromatic carbocycles. The highest BCUT2D eigenvalue weighted by Crippen LogP contribution is 2.17. The van der Waals surface area contributed by atoms with Crippen molar-refractivity contribution >= 4 is 23.2 Å². The van der Waals surface area contributed by atoms with Crippen LogP contribution in [0, 0.1) is 0 Å². The molecule has 0 spiro atoms. The summed E-state index contributed by atoms with van der Waals surface area (Å²) < 4.78 is 1.90. The zero-order valence-electron chi connectivity index (χ0n) is 14.9. The van der Waals surface area contributed by atoms with E-state index in [-0.39, 0.29) is 5.91 Å². The Morgan fingerprint density at radius 1 is 1.00 bits per heavy atom. The summed E-state index contributed by atoms with van der Waals surface area (Å²) in [5.74, 6) is 1.64. The summed E-state index contributed by atoms with van der Waals surface area (Å²) in [5.41, 5.74) is 0.870. The molecule has 0 saturated carbocycles. The number of amides is 1. The van der Waals surface area contributed by atoms with Crippen LogP contribution in [0.15, 0.2) is 61.2 Å². The number of hydrogen-bond donors (Lipinski definition) is 1. The molecule has 8 nitrogen and oxygen atoms in total. The van der Waals surface area contributed by atoms with E-state index in [1.807, 2.05) is 58.3 Å². The predicted molar refractivity (Wildman–Crippen MR) is 103 cm³/mol. The molecule has 3 aromatic heterocycles. The van der Waals surface area contributed by atoms with Gasteiger partial charge in [0.2, 0.25) is 5.91 Å². The van der Waals surface area contributed by atoms with Crippen molar-refractivity contribution in [2.45, 2.75) is 6.54 Å². The van der Waals surface area contributed by atoms with Crippen LogP contribution in [0.5, 0.6) is 0 Å². The molecule has 4 heterocycles. The highest BCUT2D eigenvalue weighted by molar-refractivity contribution is 5.76. The van der Waals surface area contributed by atoms with E-state index in [9.17, 15) is 4.79 Å². The topological polar surface area (TPSA) is 79.2 Å². The van der Waals surface area contributed by atoms with Crippen LogP contribution in [0.4, 0.5) is 17.3 Å². The van der Waals surface area contributed by atoms with Crippen LogP contribution in [0.1, 0.15) is 0 Å². The standard InChI is InChI=1S/C19H21N7O/c27-19(15-24-8-1-2-9-24)26-12-10-25(11-13-26)18-6-5-17(22-23-18)21-16-4-3-7-20-14-16/h1-9,14H,10-13,15H2,(H,21,22). The summed E-state index contributed by atoms with van der Waals surface area (Å²) in [6.07, 6.45) is 7.28. The molecule has 0 radical (unpaired) electrons. The van der Waals surface area contributed by atoms with Crippen LogP contribution in [-0.4, -0.2) is 56.7 Å². The van der Waals surface area contributed by atoms with Crippen molar-refractivity contribution in [3.63, 3.8) is 0 Å². The average molecular weight is 363 g/mol. The van der Waals surface area contributed by atoms with Crippen molar-refractivity contribution in [1.29, 1.82) is 0 Å². The molecule has 1 aliphatic heterocycles. The van der Waals surface area contributed by atoms with E-state index in [1.54, 1.807) is 12.4 Å². The maximum atomic E-state index is 12.4. The van der Waals surface area contributed by atoms with Crippen LogP contribution in [0.2, 0.25) is 0 Å². The highest BCUT2D eigenvalue weighted by Gasteiger charge is 2.22. The number of anilines is 3. The number of piperazine rings is 1. The number of carbonyl (C=O) groups is 1. The fourth-order valence-electron chi connectivity index (χ4n) is 3.06. The van der Waals surface area contributed by atoms with Gasteiger partial charge in [0.15, 0.2) is 11.6 Å². The number of hydrogen-bond acceptors (Lipinski definition) is 6. The van der Waals surface area contributed by atoms with Gasteiger partial charge in [0, 0.05) is 44.8 Å². The number of nitrogens with one attached hydrogen (secondary N) is 1. The molecule has 0 atom stereocenters. The molecule has 1 saturated heterocycles. The van der Waals surface area contributed by atoms with Gasteiger partial charge in [-0.25, -0.2) is 0 Å². The Morgan fingerprint density at radius 2 is 1.81 bits per heavy atom. The lowest BCUT2D eigenvalue weighted by Gasteiger charge is -2.35. The molecule has 27 heavy (non-hydrogen) atoms. The number of rotatable bonds is 5. The molecule has 4 rings (SSSR count). The number of aromatic nitrogens is 4. The highest BCUT2D eigenvalue weighted by atomic mass is 16.2. The first-order valence-corrected chi connectivity index (χ1v) is 8.92. The van der Waals surface area contributed by atoms with Crippen molar-refractivity contribution in [1.82, 2.24) is 24.6 Å². The van der Waals surface area contributed by atoms with Gasteiger partial charge < -0.3 is 19.7 Å². The summed E-state index contributed by atoms with van der Waals surface area (Å²) >= 11 is 0. The Balaban J connectivity index is 1.31. The SMILES string of the molecule is O=C(Cn1cccc1)N1CCN(c2ccc(Nc3cccnc3)nn2)CC1. The van der Waals surface area contributed by atoms with E-state index >= 15 is 0 Å². The Kier molecular flexibility index (Phi) is 4.95. The maximum Gasteiger partial charge on any atom is 0.242 e. The van der Waals surface area contributed by atoms with Crippen LogP contribution in [0.25, 0.3) is 0 Å². The lowest BCUT2D eigenvalue weighted by Crippen LogP contribution is -2.49. The molecule has 1 fully saturated rings. The summed E-state index contributed by atoms with van der Waals surface area (Å²) in [5, 5.41) is 11.7. The summed E-state index contributed by atoms with van der Waals surface area (Å²) in [7, 11) is 0. The largest absolute Gasteiger partial charge is 0.352 e. The van der Waals surface area contributed by atoms with Crippen LogP contribution in [0.3, 0.4) is 0 Å². The lowest BCUT2D eigenvalue weighted by atomic mass is 10.3. The minimum Gasteiger partial charge on any atom is -0.352 e. The van der Waals surface area contributed by atoms with Gasteiger partial charge >= 0.3 is 0 Å². The molecule has 1 aliphatic rings. The van der Waals surface area contributed by atoms with E-state index in [0.717, 1.165) is 24.6 Å². The van der Waals surface area contributed by atoms with Gasteiger partial charge in [-0.15, -0.1) is 10.2 Å². The van der Waals surface area contributed by atoms with Crippen LogP contribution in [-0.2, 0) is 11.3 Å². The van der Waals surface area contributed by atoms with E-state index in [0.29, 0.717) is 25.5 Å². The van der Waals surface area contributed by atoms with Crippen molar-refractivity contribution in [2.24, 2.45) is 0 Å². The number of nitrogens with zero attached hydrogens (tertiary/aromatic N) is 6. The van der Waals surface area contributed by atoms with Crippen LogP contribution >= 0.6 is 0 Å². The minimum absolute atomic E-state index is 0.146. The van der Waals surface area contributed by atoms with Crippen molar-refractivity contribution in [2.75, 3.05) is 36.4 Å². The quantitative estimate of drug-likeness (QED) is 0.744. The van der Waals surface area contributed by atoms with E-state index in [4.69, 9.17) is 0 Å². The maximum absolute atomic E-state index is 12.4. The van der Waals surface area contributed by atoms with Gasteiger partial charge in [-0.05, 0) is 36.4 Å². The fraction of sp³-hybridized carbons (Fsp3) is 0.263. The van der Waals surface area contributed by atoms with E-state index in [1.165, 1.54) is 0 Å². The van der Waals surface area contributed by atoms with Crippen LogP contribution < -0.4 is 10.2 Å². The average Bonchev–Trinajstić information content (AvgIpc) is 3.22. The molecule has 0 unspecified atom stereocenters. The Labute approximate surface area is 157 Å². The molecule has 1 N–H and O–H groups in total.